The molecule has 4 rings (SSSR count). The van der Waals surface area contributed by atoms with Crippen molar-refractivity contribution in [2.75, 3.05) is 0 Å². The van der Waals surface area contributed by atoms with Gasteiger partial charge in [-0.15, -0.1) is 0 Å². The highest BCUT2D eigenvalue weighted by atomic mass is 32.2. The average Bonchev–Trinajstić information content (AvgIpc) is 2.79. The van der Waals surface area contributed by atoms with E-state index in [0.29, 0.717) is 9.79 Å². The van der Waals surface area contributed by atoms with Gasteiger partial charge in [-0.25, -0.2) is 16.8 Å². The van der Waals surface area contributed by atoms with Gasteiger partial charge in [0.2, 0.25) is 20.0 Å². The van der Waals surface area contributed by atoms with Gasteiger partial charge in [0.15, 0.2) is 0 Å². The summed E-state index contributed by atoms with van der Waals surface area (Å²) in [5, 5.41) is 0. The Balaban J connectivity index is 1.56. The Labute approximate surface area is 205 Å². The lowest BCUT2D eigenvalue weighted by molar-refractivity contribution is 0.204. The molecule has 0 unspecified atom stereocenters. The maximum Gasteiger partial charge on any atom is 0.243 e. The molecule has 0 aliphatic carbocycles. The van der Waals surface area contributed by atoms with Crippen molar-refractivity contribution in [2.24, 2.45) is 0 Å². The van der Waals surface area contributed by atoms with Crippen molar-refractivity contribution in [3.05, 3.63) is 48.5 Å². The zero-order chi connectivity index (χ0) is 24.7. The highest BCUT2D eigenvalue weighted by Crippen LogP contribution is 2.32. The number of nitrogens with zero attached hydrogens (tertiary/aromatic N) is 2. The molecule has 2 heterocycles. The van der Waals surface area contributed by atoms with E-state index in [9.17, 15) is 16.8 Å². The maximum atomic E-state index is 13.3. The molecule has 186 valence electrons. The van der Waals surface area contributed by atoms with Gasteiger partial charge in [0, 0.05) is 24.2 Å². The van der Waals surface area contributed by atoms with Gasteiger partial charge in [-0.2, -0.15) is 8.61 Å². The van der Waals surface area contributed by atoms with E-state index < -0.39 is 20.0 Å². The van der Waals surface area contributed by atoms with Gasteiger partial charge in [0.05, 0.1) is 9.79 Å². The predicted octanol–water partition coefficient (Wildman–Crippen LogP) is 5.26. The minimum absolute atomic E-state index is 0.00624. The van der Waals surface area contributed by atoms with E-state index in [1.165, 1.54) is 0 Å². The van der Waals surface area contributed by atoms with Crippen LogP contribution in [0.5, 0.6) is 0 Å². The summed E-state index contributed by atoms with van der Waals surface area (Å²) in [6.07, 6.45) is 5.62. The minimum atomic E-state index is -3.56. The van der Waals surface area contributed by atoms with Gasteiger partial charge in [-0.05, 0) is 88.8 Å². The Hall–Kier alpha value is -1.74. The first-order valence-electron chi connectivity index (χ1n) is 12.3. The Kier molecular flexibility index (Phi) is 7.25. The van der Waals surface area contributed by atoms with Crippen molar-refractivity contribution in [2.45, 2.75) is 100 Å². The highest BCUT2D eigenvalue weighted by Gasteiger charge is 2.36. The van der Waals surface area contributed by atoms with E-state index >= 15 is 0 Å². The number of sulfonamides is 2. The first-order chi connectivity index (χ1) is 16.0. The van der Waals surface area contributed by atoms with Crippen molar-refractivity contribution in [1.82, 2.24) is 8.61 Å². The molecule has 2 aliphatic rings. The highest BCUT2D eigenvalue weighted by molar-refractivity contribution is 7.89. The fourth-order valence-corrected chi connectivity index (χ4v) is 9.39. The van der Waals surface area contributed by atoms with Gasteiger partial charge in [0.25, 0.3) is 0 Å². The first-order valence-corrected chi connectivity index (χ1v) is 15.2. The lowest BCUT2D eigenvalue weighted by Gasteiger charge is -2.37. The SMILES string of the molecule is C[C@@H]1CCC[C@H](C)N1S(=O)(=O)c1ccc(-c2ccc(S(=O)(=O)N3[C@H](C)CCC[C@@H]3C)cc2)cc1. The topological polar surface area (TPSA) is 74.8 Å². The Bertz CT molecular complexity index is 1090. The molecular weight excluding hydrogens is 468 g/mol. The molecule has 0 radical (unpaired) electrons. The van der Waals surface area contributed by atoms with Crippen molar-refractivity contribution >= 4 is 20.0 Å². The van der Waals surface area contributed by atoms with Crippen LogP contribution in [0.25, 0.3) is 11.1 Å². The van der Waals surface area contributed by atoms with Crippen LogP contribution < -0.4 is 0 Å². The average molecular weight is 505 g/mol. The standard InChI is InChI=1S/C26H36N2O4S2/c1-19-7-5-8-20(2)27(19)33(29,30)25-15-11-23(12-16-25)24-13-17-26(18-14-24)34(31,32)28-21(3)9-6-10-22(28)4/h11-22H,5-10H2,1-4H3/t19-,20+,21-,22+. The second-order valence-corrected chi connectivity index (χ2v) is 13.7. The molecule has 0 N–H and O–H groups in total. The van der Waals surface area contributed by atoms with Gasteiger partial charge in [-0.1, -0.05) is 37.1 Å². The lowest BCUT2D eigenvalue weighted by atomic mass is 10.0. The summed E-state index contributed by atoms with van der Waals surface area (Å²) in [6.45, 7) is 7.90. The third kappa shape index (κ3) is 4.70. The summed E-state index contributed by atoms with van der Waals surface area (Å²) in [6, 6.07) is 13.8. The van der Waals surface area contributed by atoms with Gasteiger partial charge < -0.3 is 0 Å². The molecule has 0 bridgehead atoms. The van der Waals surface area contributed by atoms with E-state index in [1.54, 1.807) is 57.1 Å². The van der Waals surface area contributed by atoms with Crippen LogP contribution in [-0.4, -0.2) is 49.6 Å². The number of hydrogen-bond acceptors (Lipinski definition) is 4. The van der Waals surface area contributed by atoms with Crippen LogP contribution >= 0.6 is 0 Å². The van der Waals surface area contributed by atoms with Crippen LogP contribution in [0.2, 0.25) is 0 Å². The summed E-state index contributed by atoms with van der Waals surface area (Å²) in [4.78, 5) is 0.591. The molecule has 2 aromatic carbocycles. The fourth-order valence-electron chi connectivity index (χ4n) is 5.62. The van der Waals surface area contributed by atoms with E-state index in [2.05, 4.69) is 0 Å². The number of hydrogen-bond donors (Lipinski definition) is 0. The summed E-state index contributed by atoms with van der Waals surface area (Å²) in [5.41, 5.74) is 1.70. The lowest BCUT2D eigenvalue weighted by Crippen LogP contribution is -2.47. The summed E-state index contributed by atoms with van der Waals surface area (Å²) >= 11 is 0. The quantitative estimate of drug-likeness (QED) is 0.557. The summed E-state index contributed by atoms with van der Waals surface area (Å²) < 4.78 is 56.4. The molecule has 2 aromatic rings. The molecule has 0 aromatic heterocycles. The van der Waals surface area contributed by atoms with Crippen LogP contribution in [-0.2, 0) is 20.0 Å². The van der Waals surface area contributed by atoms with E-state index in [0.717, 1.165) is 49.7 Å². The Morgan fingerprint density at radius 1 is 0.529 bits per heavy atom. The third-order valence-corrected chi connectivity index (χ3v) is 11.7. The zero-order valence-corrected chi connectivity index (χ0v) is 22.1. The number of rotatable bonds is 5. The molecule has 34 heavy (non-hydrogen) atoms. The van der Waals surface area contributed by atoms with Crippen LogP contribution in [0, 0.1) is 0 Å². The van der Waals surface area contributed by atoms with Gasteiger partial charge >= 0.3 is 0 Å². The molecule has 0 amide bonds. The normalized spacial score (nSPS) is 27.5. The number of benzene rings is 2. The molecule has 0 spiro atoms. The fraction of sp³-hybridized carbons (Fsp3) is 0.538. The Morgan fingerprint density at radius 3 is 1.06 bits per heavy atom. The number of piperidine rings is 2. The maximum absolute atomic E-state index is 13.3. The van der Waals surface area contributed by atoms with Crippen LogP contribution in [0.3, 0.4) is 0 Å². The largest absolute Gasteiger partial charge is 0.243 e. The predicted molar refractivity (Wildman–Crippen MR) is 135 cm³/mol. The molecule has 0 saturated carbocycles. The van der Waals surface area contributed by atoms with Crippen molar-refractivity contribution in [1.29, 1.82) is 0 Å². The van der Waals surface area contributed by atoms with Crippen LogP contribution in [0.15, 0.2) is 58.3 Å². The van der Waals surface area contributed by atoms with E-state index in [1.807, 2.05) is 27.7 Å². The van der Waals surface area contributed by atoms with E-state index in [4.69, 9.17) is 0 Å². The Morgan fingerprint density at radius 2 is 0.794 bits per heavy atom. The molecule has 2 aliphatic heterocycles. The van der Waals surface area contributed by atoms with Crippen molar-refractivity contribution < 1.29 is 16.8 Å². The second kappa shape index (κ2) is 9.72. The van der Waals surface area contributed by atoms with E-state index in [-0.39, 0.29) is 24.2 Å². The smallest absolute Gasteiger partial charge is 0.207 e. The monoisotopic (exact) mass is 504 g/mol. The molecule has 6 nitrogen and oxygen atoms in total. The minimum Gasteiger partial charge on any atom is -0.207 e. The summed E-state index contributed by atoms with van der Waals surface area (Å²) in [7, 11) is -7.12. The first kappa shape index (κ1) is 25.4. The van der Waals surface area contributed by atoms with Crippen LogP contribution in [0.1, 0.15) is 66.2 Å². The van der Waals surface area contributed by atoms with Crippen molar-refractivity contribution in [3.63, 3.8) is 0 Å². The zero-order valence-electron chi connectivity index (χ0n) is 20.5. The molecule has 2 fully saturated rings. The molecule has 8 heteroatoms. The van der Waals surface area contributed by atoms with Crippen molar-refractivity contribution in [3.8, 4) is 11.1 Å². The third-order valence-electron chi connectivity index (χ3n) is 7.42. The van der Waals surface area contributed by atoms with Gasteiger partial charge in [-0.3, -0.25) is 0 Å². The second-order valence-electron chi connectivity index (χ2n) is 9.98. The van der Waals surface area contributed by atoms with Gasteiger partial charge in [0.1, 0.15) is 0 Å². The molecular formula is C26H36N2O4S2. The van der Waals surface area contributed by atoms with Crippen LogP contribution in [0.4, 0.5) is 0 Å². The molecule has 4 atom stereocenters. The summed E-state index contributed by atoms with van der Waals surface area (Å²) in [5.74, 6) is 0. The molecule has 2 saturated heterocycles.